The lowest BCUT2D eigenvalue weighted by Crippen LogP contribution is -2.27. The molecule has 0 saturated heterocycles. The Morgan fingerprint density at radius 3 is 2.20 bits per heavy atom. The van der Waals surface area contributed by atoms with Gasteiger partial charge in [-0.3, -0.25) is 0 Å². The van der Waals surface area contributed by atoms with Crippen molar-refractivity contribution in [2.75, 3.05) is 33.2 Å². The third kappa shape index (κ3) is 3.59. The van der Waals surface area contributed by atoms with Crippen molar-refractivity contribution >= 4 is 11.5 Å². The average Bonchev–Trinajstić information content (AvgIpc) is 2.50. The highest BCUT2D eigenvalue weighted by atomic mass is 16.5. The lowest BCUT2D eigenvalue weighted by molar-refractivity contribution is 0.314. The number of rotatable bonds is 7. The fourth-order valence-electron chi connectivity index (χ4n) is 1.66. The Hall–Kier alpha value is -2.31. The summed E-state index contributed by atoms with van der Waals surface area (Å²) in [6.07, 6.45) is 0. The fourth-order valence-corrected chi connectivity index (χ4v) is 1.66. The molecule has 0 heterocycles. The zero-order valence-electron chi connectivity index (χ0n) is 12.1. The minimum Gasteiger partial charge on any atom is -0.493 e. The molecule has 0 amide bonds. The number of nitrogens with one attached hydrogen (secondary N) is 1. The van der Waals surface area contributed by atoms with Gasteiger partial charge in [-0.1, -0.05) is 12.1 Å². The van der Waals surface area contributed by atoms with Gasteiger partial charge in [-0.05, 0) is 0 Å². The largest absolute Gasteiger partial charge is 0.493 e. The van der Waals surface area contributed by atoms with Gasteiger partial charge < -0.3 is 30.5 Å². The molecule has 1 aromatic carbocycles. The fraction of sp³-hybridized carbons (Fsp3) is 0.462. The molecule has 112 valence electrons. The van der Waals surface area contributed by atoms with Gasteiger partial charge in [-0.25, -0.2) is 0 Å². The summed E-state index contributed by atoms with van der Waals surface area (Å²) in [5.74, 6) is 1.71. The van der Waals surface area contributed by atoms with Crippen molar-refractivity contribution in [3.63, 3.8) is 0 Å². The summed E-state index contributed by atoms with van der Waals surface area (Å²) in [6.45, 7) is 2.36. The minimum absolute atomic E-state index is 0.112. The highest BCUT2D eigenvalue weighted by Crippen LogP contribution is 2.39. The molecule has 0 aliphatic heterocycles. The summed E-state index contributed by atoms with van der Waals surface area (Å²) in [5, 5.41) is 14.8. The first kappa shape index (κ1) is 15.7. The highest BCUT2D eigenvalue weighted by molar-refractivity contribution is 5.82. The van der Waals surface area contributed by atoms with Crippen LogP contribution in [0.4, 0.5) is 5.69 Å². The van der Waals surface area contributed by atoms with Crippen LogP contribution in [0.2, 0.25) is 0 Å². The lowest BCUT2D eigenvalue weighted by atomic mass is 10.1. The number of nitrogens with two attached hydrogens (primary N) is 1. The SMILES string of the molecule is COc1cc(NCC(C)C(N)=NO)cc(OC)c1OC. The zero-order valence-corrected chi connectivity index (χ0v) is 12.1. The van der Waals surface area contributed by atoms with E-state index in [1.165, 1.54) is 0 Å². The normalized spacial score (nSPS) is 12.7. The molecule has 7 heteroatoms. The standard InChI is InChI=1S/C13H21N3O4/c1-8(13(14)16-17)7-15-9-5-10(18-2)12(20-4)11(6-9)19-3/h5-6,8,15,17H,7H2,1-4H3,(H2,14,16). The average molecular weight is 283 g/mol. The number of hydrogen-bond acceptors (Lipinski definition) is 6. The predicted molar refractivity (Wildman–Crippen MR) is 77.2 cm³/mol. The summed E-state index contributed by atoms with van der Waals surface area (Å²) in [4.78, 5) is 0. The van der Waals surface area contributed by atoms with E-state index >= 15 is 0 Å². The van der Waals surface area contributed by atoms with E-state index in [2.05, 4.69) is 10.5 Å². The number of benzene rings is 1. The molecular weight excluding hydrogens is 262 g/mol. The zero-order chi connectivity index (χ0) is 15.1. The molecule has 0 radical (unpaired) electrons. The molecule has 0 spiro atoms. The van der Waals surface area contributed by atoms with Crippen molar-refractivity contribution in [3.05, 3.63) is 12.1 Å². The van der Waals surface area contributed by atoms with Crippen LogP contribution in [-0.4, -0.2) is 38.9 Å². The van der Waals surface area contributed by atoms with Crippen LogP contribution in [0.3, 0.4) is 0 Å². The van der Waals surface area contributed by atoms with E-state index in [4.69, 9.17) is 25.2 Å². The number of oxime groups is 1. The van der Waals surface area contributed by atoms with Gasteiger partial charge in [-0.15, -0.1) is 0 Å². The van der Waals surface area contributed by atoms with E-state index in [0.29, 0.717) is 23.8 Å². The van der Waals surface area contributed by atoms with E-state index in [-0.39, 0.29) is 11.8 Å². The van der Waals surface area contributed by atoms with Crippen molar-refractivity contribution in [2.45, 2.75) is 6.92 Å². The van der Waals surface area contributed by atoms with Crippen molar-refractivity contribution < 1.29 is 19.4 Å². The maximum Gasteiger partial charge on any atom is 0.203 e. The van der Waals surface area contributed by atoms with Gasteiger partial charge >= 0.3 is 0 Å². The second-order valence-electron chi connectivity index (χ2n) is 4.22. The predicted octanol–water partition coefficient (Wildman–Crippen LogP) is 1.51. The van der Waals surface area contributed by atoms with Crippen molar-refractivity contribution in [1.82, 2.24) is 0 Å². The summed E-state index contributed by atoms with van der Waals surface area (Å²) in [6, 6.07) is 3.58. The van der Waals surface area contributed by atoms with Crippen molar-refractivity contribution in [2.24, 2.45) is 16.8 Å². The topological polar surface area (TPSA) is 98.3 Å². The Morgan fingerprint density at radius 1 is 1.25 bits per heavy atom. The van der Waals surface area contributed by atoms with Crippen LogP contribution in [-0.2, 0) is 0 Å². The van der Waals surface area contributed by atoms with Gasteiger partial charge in [0, 0.05) is 30.3 Å². The summed E-state index contributed by atoms with van der Waals surface area (Å²) >= 11 is 0. The molecule has 0 saturated carbocycles. The van der Waals surface area contributed by atoms with Gasteiger partial charge in [0.1, 0.15) is 5.84 Å². The smallest absolute Gasteiger partial charge is 0.203 e. The summed E-state index contributed by atoms with van der Waals surface area (Å²) in [7, 11) is 4.66. The number of methoxy groups -OCH3 is 3. The molecule has 0 fully saturated rings. The van der Waals surface area contributed by atoms with Gasteiger partial charge in [-0.2, -0.15) is 0 Å². The highest BCUT2D eigenvalue weighted by Gasteiger charge is 2.14. The maximum atomic E-state index is 8.61. The first-order valence-corrected chi connectivity index (χ1v) is 6.08. The molecule has 1 aromatic rings. The molecule has 0 aliphatic carbocycles. The molecule has 0 bridgehead atoms. The minimum atomic E-state index is -0.112. The van der Waals surface area contributed by atoms with Gasteiger partial charge in [0.15, 0.2) is 11.5 Å². The van der Waals surface area contributed by atoms with Crippen LogP contribution in [0, 0.1) is 5.92 Å². The van der Waals surface area contributed by atoms with Crippen LogP contribution in [0.15, 0.2) is 17.3 Å². The van der Waals surface area contributed by atoms with Crippen LogP contribution in [0.5, 0.6) is 17.2 Å². The Labute approximate surface area is 118 Å². The Kier molecular flexibility index (Phi) is 5.76. The van der Waals surface area contributed by atoms with E-state index in [1.807, 2.05) is 6.92 Å². The first-order chi connectivity index (χ1) is 9.57. The monoisotopic (exact) mass is 283 g/mol. The van der Waals surface area contributed by atoms with E-state index < -0.39 is 0 Å². The molecule has 1 rings (SSSR count). The molecule has 1 atom stereocenters. The molecule has 20 heavy (non-hydrogen) atoms. The van der Waals surface area contributed by atoms with Gasteiger partial charge in [0.25, 0.3) is 0 Å². The molecule has 7 nitrogen and oxygen atoms in total. The van der Waals surface area contributed by atoms with E-state index in [9.17, 15) is 0 Å². The third-order valence-electron chi connectivity index (χ3n) is 2.90. The van der Waals surface area contributed by atoms with Crippen LogP contribution < -0.4 is 25.3 Å². The quantitative estimate of drug-likeness (QED) is 0.304. The number of nitrogens with zero attached hydrogens (tertiary/aromatic N) is 1. The number of hydrogen-bond donors (Lipinski definition) is 3. The molecule has 0 aliphatic rings. The molecular formula is C13H21N3O4. The number of ether oxygens (including phenoxy) is 3. The second-order valence-corrected chi connectivity index (χ2v) is 4.22. The lowest BCUT2D eigenvalue weighted by Gasteiger charge is -2.16. The molecule has 4 N–H and O–H groups in total. The summed E-state index contributed by atoms with van der Waals surface area (Å²) in [5.41, 5.74) is 6.32. The Morgan fingerprint density at radius 2 is 1.80 bits per heavy atom. The van der Waals surface area contributed by atoms with Gasteiger partial charge in [0.05, 0.1) is 21.3 Å². The van der Waals surface area contributed by atoms with Crippen LogP contribution in [0.25, 0.3) is 0 Å². The van der Waals surface area contributed by atoms with Crippen LogP contribution >= 0.6 is 0 Å². The maximum absolute atomic E-state index is 8.61. The molecule has 1 unspecified atom stereocenters. The number of anilines is 1. The Bertz CT molecular complexity index is 452. The first-order valence-electron chi connectivity index (χ1n) is 6.08. The van der Waals surface area contributed by atoms with Crippen LogP contribution in [0.1, 0.15) is 6.92 Å². The van der Waals surface area contributed by atoms with E-state index in [1.54, 1.807) is 33.5 Å². The number of amidine groups is 1. The third-order valence-corrected chi connectivity index (χ3v) is 2.90. The summed E-state index contributed by atoms with van der Waals surface area (Å²) < 4.78 is 15.8. The van der Waals surface area contributed by atoms with Gasteiger partial charge in [0.2, 0.25) is 5.75 Å². The van der Waals surface area contributed by atoms with Crippen molar-refractivity contribution in [3.8, 4) is 17.2 Å². The molecule has 0 aromatic heterocycles. The van der Waals surface area contributed by atoms with Crippen molar-refractivity contribution in [1.29, 1.82) is 0 Å². The Balaban J connectivity index is 2.91. The van der Waals surface area contributed by atoms with E-state index in [0.717, 1.165) is 5.69 Å². The second kappa shape index (κ2) is 7.32.